The number of nitrogens with zero attached hydrogens (tertiary/aromatic N) is 3. The molecule has 0 bridgehead atoms. The Morgan fingerprint density at radius 1 is 1.31 bits per heavy atom. The van der Waals surface area contributed by atoms with Crippen LogP contribution in [0.25, 0.3) is 0 Å². The Labute approximate surface area is 101 Å². The Morgan fingerprint density at radius 2 is 2.00 bits per heavy atom. The predicted molar refractivity (Wildman–Crippen MR) is 67.4 cm³/mol. The molecule has 1 aliphatic heterocycles. The van der Waals surface area contributed by atoms with Gasteiger partial charge in [-0.15, -0.1) is 11.3 Å². The van der Waals surface area contributed by atoms with E-state index < -0.39 is 0 Å². The van der Waals surface area contributed by atoms with Gasteiger partial charge >= 0.3 is 0 Å². The summed E-state index contributed by atoms with van der Waals surface area (Å²) < 4.78 is 0. The topological polar surface area (TPSA) is 45.4 Å². The zero-order valence-corrected chi connectivity index (χ0v) is 10.7. The molecule has 16 heavy (non-hydrogen) atoms. The Morgan fingerprint density at radius 3 is 2.56 bits per heavy atom. The standard InChI is InChI=1S/C11H20N4S/c1-2-14-3-5-15(6-4-14)8-10-9-16-11(7-12)13-10/h9H,2-8,12H2,1H3. The van der Waals surface area contributed by atoms with Crippen LogP contribution in [0.2, 0.25) is 0 Å². The van der Waals surface area contributed by atoms with E-state index in [0.29, 0.717) is 6.54 Å². The molecule has 2 heterocycles. The number of hydrogen-bond donors (Lipinski definition) is 1. The summed E-state index contributed by atoms with van der Waals surface area (Å²) in [5, 5.41) is 3.18. The van der Waals surface area contributed by atoms with Gasteiger partial charge in [0.15, 0.2) is 0 Å². The monoisotopic (exact) mass is 240 g/mol. The maximum atomic E-state index is 5.56. The molecule has 1 saturated heterocycles. The quantitative estimate of drug-likeness (QED) is 0.843. The van der Waals surface area contributed by atoms with Gasteiger partial charge in [-0.25, -0.2) is 4.98 Å². The molecule has 0 atom stereocenters. The summed E-state index contributed by atoms with van der Waals surface area (Å²) in [5.41, 5.74) is 6.74. The minimum Gasteiger partial charge on any atom is -0.325 e. The Bertz CT molecular complexity index is 318. The fraction of sp³-hybridized carbons (Fsp3) is 0.727. The highest BCUT2D eigenvalue weighted by Crippen LogP contribution is 2.12. The number of rotatable bonds is 4. The molecule has 1 aliphatic rings. The third-order valence-corrected chi connectivity index (χ3v) is 3.99. The normalized spacial score (nSPS) is 19.1. The van der Waals surface area contributed by atoms with Crippen molar-refractivity contribution in [3.05, 3.63) is 16.1 Å². The largest absolute Gasteiger partial charge is 0.325 e. The van der Waals surface area contributed by atoms with Gasteiger partial charge in [-0.1, -0.05) is 6.92 Å². The summed E-state index contributed by atoms with van der Waals surface area (Å²) in [4.78, 5) is 9.46. The van der Waals surface area contributed by atoms with Crippen molar-refractivity contribution in [3.8, 4) is 0 Å². The molecule has 2 rings (SSSR count). The molecule has 1 aromatic rings. The van der Waals surface area contributed by atoms with Gasteiger partial charge in [0.05, 0.1) is 5.69 Å². The van der Waals surface area contributed by atoms with E-state index in [4.69, 9.17) is 5.73 Å². The molecule has 0 amide bonds. The third kappa shape index (κ3) is 3.01. The van der Waals surface area contributed by atoms with Crippen LogP contribution in [-0.4, -0.2) is 47.5 Å². The number of piperazine rings is 1. The zero-order valence-electron chi connectivity index (χ0n) is 9.85. The average Bonchev–Trinajstić information content (AvgIpc) is 2.78. The summed E-state index contributed by atoms with van der Waals surface area (Å²) in [7, 11) is 0. The first-order chi connectivity index (χ1) is 7.81. The Hall–Kier alpha value is -0.490. The van der Waals surface area contributed by atoms with Crippen molar-refractivity contribution in [3.63, 3.8) is 0 Å². The molecule has 0 saturated carbocycles. The van der Waals surface area contributed by atoms with E-state index in [1.54, 1.807) is 11.3 Å². The fourth-order valence-electron chi connectivity index (χ4n) is 2.01. The van der Waals surface area contributed by atoms with Crippen LogP contribution in [0.5, 0.6) is 0 Å². The van der Waals surface area contributed by atoms with Crippen LogP contribution >= 0.6 is 11.3 Å². The van der Waals surface area contributed by atoms with Gasteiger partial charge in [0.2, 0.25) is 0 Å². The van der Waals surface area contributed by atoms with Crippen molar-refractivity contribution >= 4 is 11.3 Å². The van der Waals surface area contributed by atoms with Gasteiger partial charge in [-0.05, 0) is 6.54 Å². The molecule has 0 spiro atoms. The second-order valence-electron chi connectivity index (χ2n) is 4.15. The lowest BCUT2D eigenvalue weighted by atomic mass is 10.3. The first-order valence-corrected chi connectivity index (χ1v) is 6.78. The van der Waals surface area contributed by atoms with E-state index in [0.717, 1.165) is 24.6 Å². The average molecular weight is 240 g/mol. The summed E-state index contributed by atoms with van der Waals surface area (Å²) >= 11 is 1.67. The molecule has 1 aromatic heterocycles. The van der Waals surface area contributed by atoms with Crippen molar-refractivity contribution in [2.45, 2.75) is 20.0 Å². The van der Waals surface area contributed by atoms with Crippen LogP contribution in [0.3, 0.4) is 0 Å². The van der Waals surface area contributed by atoms with Crippen molar-refractivity contribution in [2.75, 3.05) is 32.7 Å². The SMILES string of the molecule is CCN1CCN(Cc2csc(CN)n2)CC1. The van der Waals surface area contributed by atoms with E-state index in [1.807, 2.05) is 0 Å². The molecule has 0 aliphatic carbocycles. The number of hydrogen-bond acceptors (Lipinski definition) is 5. The van der Waals surface area contributed by atoms with Crippen molar-refractivity contribution in [1.29, 1.82) is 0 Å². The first-order valence-electron chi connectivity index (χ1n) is 5.90. The van der Waals surface area contributed by atoms with Crippen LogP contribution in [0.1, 0.15) is 17.6 Å². The third-order valence-electron chi connectivity index (χ3n) is 3.07. The lowest BCUT2D eigenvalue weighted by Crippen LogP contribution is -2.45. The van der Waals surface area contributed by atoms with Crippen LogP contribution in [0.4, 0.5) is 0 Å². The van der Waals surface area contributed by atoms with Crippen molar-refractivity contribution in [2.24, 2.45) is 5.73 Å². The summed E-state index contributed by atoms with van der Waals surface area (Å²) in [6, 6.07) is 0. The van der Waals surface area contributed by atoms with Gasteiger partial charge in [0, 0.05) is 44.6 Å². The molecule has 1 fully saturated rings. The molecule has 0 radical (unpaired) electrons. The maximum absolute atomic E-state index is 5.56. The Kier molecular flexibility index (Phi) is 4.29. The summed E-state index contributed by atoms with van der Waals surface area (Å²) in [6.07, 6.45) is 0. The minimum absolute atomic E-state index is 0.564. The van der Waals surface area contributed by atoms with Crippen LogP contribution < -0.4 is 5.73 Å². The summed E-state index contributed by atoms with van der Waals surface area (Å²) in [5.74, 6) is 0. The van der Waals surface area contributed by atoms with Crippen LogP contribution in [0, 0.1) is 0 Å². The number of thiazole rings is 1. The molecule has 5 heteroatoms. The van der Waals surface area contributed by atoms with Gasteiger partial charge in [-0.2, -0.15) is 0 Å². The molecule has 4 nitrogen and oxygen atoms in total. The zero-order chi connectivity index (χ0) is 11.4. The highest BCUT2D eigenvalue weighted by Gasteiger charge is 2.16. The number of likely N-dealkylation sites (N-methyl/N-ethyl adjacent to an activating group) is 1. The van der Waals surface area contributed by atoms with Crippen LogP contribution in [-0.2, 0) is 13.1 Å². The van der Waals surface area contributed by atoms with Gasteiger partial charge < -0.3 is 10.6 Å². The van der Waals surface area contributed by atoms with E-state index in [-0.39, 0.29) is 0 Å². The van der Waals surface area contributed by atoms with Gasteiger partial charge in [0.1, 0.15) is 5.01 Å². The van der Waals surface area contributed by atoms with Crippen LogP contribution in [0.15, 0.2) is 5.38 Å². The maximum Gasteiger partial charge on any atom is 0.106 e. The van der Waals surface area contributed by atoms with E-state index in [1.165, 1.54) is 25.3 Å². The lowest BCUT2D eigenvalue weighted by Gasteiger charge is -2.33. The first kappa shape index (κ1) is 12.0. The van der Waals surface area contributed by atoms with E-state index in [2.05, 4.69) is 27.1 Å². The lowest BCUT2D eigenvalue weighted by molar-refractivity contribution is 0.131. The smallest absolute Gasteiger partial charge is 0.106 e. The highest BCUT2D eigenvalue weighted by molar-refractivity contribution is 7.09. The highest BCUT2D eigenvalue weighted by atomic mass is 32.1. The second-order valence-corrected chi connectivity index (χ2v) is 5.09. The predicted octanol–water partition coefficient (Wildman–Crippen LogP) is 0.739. The molecular formula is C11H20N4S. The fourth-order valence-corrected chi connectivity index (χ4v) is 2.67. The molecule has 2 N–H and O–H groups in total. The number of nitrogens with two attached hydrogens (primary N) is 1. The Balaban J connectivity index is 1.82. The summed E-state index contributed by atoms with van der Waals surface area (Å²) in [6.45, 7) is 9.62. The number of aromatic nitrogens is 1. The molecular weight excluding hydrogens is 220 g/mol. The van der Waals surface area contributed by atoms with Gasteiger partial charge in [-0.3, -0.25) is 4.90 Å². The van der Waals surface area contributed by atoms with Crippen molar-refractivity contribution in [1.82, 2.24) is 14.8 Å². The van der Waals surface area contributed by atoms with E-state index in [9.17, 15) is 0 Å². The second kappa shape index (κ2) is 5.72. The minimum atomic E-state index is 0.564. The molecule has 0 aromatic carbocycles. The van der Waals surface area contributed by atoms with Crippen molar-refractivity contribution < 1.29 is 0 Å². The van der Waals surface area contributed by atoms with E-state index >= 15 is 0 Å². The van der Waals surface area contributed by atoms with Gasteiger partial charge in [0.25, 0.3) is 0 Å². The molecule has 0 unspecified atom stereocenters. The molecule has 90 valence electrons.